The predicted octanol–water partition coefficient (Wildman–Crippen LogP) is 3.06. The number of aryl methyl sites for hydroxylation is 1. The number of aromatic nitrogens is 3. The maximum Gasteiger partial charge on any atom is 0.223 e. The summed E-state index contributed by atoms with van der Waals surface area (Å²) < 4.78 is 10.1. The number of benzene rings is 1. The Hall–Kier alpha value is -2.89. The number of rotatable bonds is 5. The van der Waals surface area contributed by atoms with Gasteiger partial charge in [-0.1, -0.05) is 23.4 Å². The van der Waals surface area contributed by atoms with Crippen LogP contribution in [-0.2, 0) is 6.54 Å². The first kappa shape index (κ1) is 14.1. The minimum absolute atomic E-state index is 0.550. The number of nitrogens with one attached hydrogen (secondary N) is 1. The highest BCUT2D eigenvalue weighted by atomic mass is 16.5. The van der Waals surface area contributed by atoms with Gasteiger partial charge in [0, 0.05) is 24.2 Å². The maximum absolute atomic E-state index is 5.12. The average Bonchev–Trinajstić information content (AvgIpc) is 3.00. The fraction of sp³-hybridized carbons (Fsp3) is 0.188. The van der Waals surface area contributed by atoms with E-state index in [9.17, 15) is 0 Å². The molecule has 0 fully saturated rings. The van der Waals surface area contributed by atoms with Crippen molar-refractivity contribution < 1.29 is 9.26 Å². The van der Waals surface area contributed by atoms with Crippen molar-refractivity contribution in [3.63, 3.8) is 0 Å². The van der Waals surface area contributed by atoms with Crippen molar-refractivity contribution in [2.45, 2.75) is 13.5 Å². The third-order valence-electron chi connectivity index (χ3n) is 3.11. The van der Waals surface area contributed by atoms with Crippen molar-refractivity contribution in [2.24, 2.45) is 0 Å². The molecule has 6 heteroatoms. The molecule has 1 N–H and O–H groups in total. The zero-order valence-electron chi connectivity index (χ0n) is 12.4. The van der Waals surface area contributed by atoms with E-state index >= 15 is 0 Å². The second kappa shape index (κ2) is 6.26. The van der Waals surface area contributed by atoms with Gasteiger partial charge in [-0.25, -0.2) is 4.98 Å². The highest BCUT2D eigenvalue weighted by molar-refractivity contribution is 5.62. The van der Waals surface area contributed by atoms with Crippen LogP contribution in [0.3, 0.4) is 0 Å². The lowest BCUT2D eigenvalue weighted by Crippen LogP contribution is -2.02. The molecule has 0 bridgehead atoms. The van der Waals surface area contributed by atoms with Gasteiger partial charge in [0.15, 0.2) is 0 Å². The summed E-state index contributed by atoms with van der Waals surface area (Å²) in [5.74, 6) is 1.74. The van der Waals surface area contributed by atoms with Gasteiger partial charge in [-0.15, -0.1) is 0 Å². The van der Waals surface area contributed by atoms with Gasteiger partial charge in [0.2, 0.25) is 17.6 Å². The molecular weight excluding hydrogens is 280 g/mol. The van der Waals surface area contributed by atoms with Crippen LogP contribution >= 0.6 is 0 Å². The molecule has 0 aliphatic carbocycles. The van der Waals surface area contributed by atoms with Crippen molar-refractivity contribution in [1.82, 2.24) is 15.1 Å². The average molecular weight is 296 g/mol. The van der Waals surface area contributed by atoms with Crippen LogP contribution in [0.4, 0.5) is 5.69 Å². The molecule has 3 aromatic rings. The Morgan fingerprint density at radius 3 is 2.77 bits per heavy atom. The van der Waals surface area contributed by atoms with Crippen LogP contribution in [0.25, 0.3) is 11.4 Å². The number of anilines is 1. The Morgan fingerprint density at radius 1 is 1.14 bits per heavy atom. The molecule has 0 radical (unpaired) electrons. The number of ether oxygens (including phenoxy) is 1. The summed E-state index contributed by atoms with van der Waals surface area (Å²) in [5.41, 5.74) is 2.77. The van der Waals surface area contributed by atoms with Crippen LogP contribution in [-0.4, -0.2) is 22.2 Å². The fourth-order valence-corrected chi connectivity index (χ4v) is 2.05. The molecule has 0 aliphatic heterocycles. The topological polar surface area (TPSA) is 73.1 Å². The van der Waals surface area contributed by atoms with Gasteiger partial charge >= 0.3 is 0 Å². The Kier molecular flexibility index (Phi) is 4.00. The van der Waals surface area contributed by atoms with Gasteiger partial charge in [0.1, 0.15) is 0 Å². The zero-order chi connectivity index (χ0) is 15.4. The molecule has 6 nitrogen and oxygen atoms in total. The molecule has 2 heterocycles. The first-order valence-electron chi connectivity index (χ1n) is 6.89. The highest BCUT2D eigenvalue weighted by Gasteiger charge is 2.06. The van der Waals surface area contributed by atoms with E-state index in [0.29, 0.717) is 24.1 Å². The molecule has 0 spiro atoms. The van der Waals surface area contributed by atoms with Crippen molar-refractivity contribution in [3.05, 3.63) is 54.0 Å². The summed E-state index contributed by atoms with van der Waals surface area (Å²) >= 11 is 0. The molecule has 0 aliphatic rings. The molecule has 2 aromatic heterocycles. The Balaban J connectivity index is 1.73. The molecule has 112 valence electrons. The van der Waals surface area contributed by atoms with Crippen LogP contribution in [0.5, 0.6) is 5.88 Å². The SMILES string of the molecule is COc1cccc(CNc2cccc(-c3noc(C)n3)c2)n1. The minimum atomic E-state index is 0.550. The van der Waals surface area contributed by atoms with E-state index in [0.717, 1.165) is 16.9 Å². The third-order valence-corrected chi connectivity index (χ3v) is 3.11. The van der Waals surface area contributed by atoms with Crippen LogP contribution in [0.15, 0.2) is 47.0 Å². The summed E-state index contributed by atoms with van der Waals surface area (Å²) in [4.78, 5) is 8.59. The van der Waals surface area contributed by atoms with Gasteiger partial charge in [-0.05, 0) is 18.2 Å². The van der Waals surface area contributed by atoms with Crippen molar-refractivity contribution >= 4 is 5.69 Å². The van der Waals surface area contributed by atoms with E-state index in [1.165, 1.54) is 0 Å². The lowest BCUT2D eigenvalue weighted by molar-refractivity contribution is 0.394. The molecule has 1 aromatic carbocycles. The van der Waals surface area contributed by atoms with Gasteiger partial charge in [-0.3, -0.25) is 0 Å². The van der Waals surface area contributed by atoms with Gasteiger partial charge in [-0.2, -0.15) is 4.98 Å². The second-order valence-corrected chi connectivity index (χ2v) is 4.74. The molecule has 3 rings (SSSR count). The van der Waals surface area contributed by atoms with Crippen molar-refractivity contribution in [2.75, 3.05) is 12.4 Å². The second-order valence-electron chi connectivity index (χ2n) is 4.74. The molecule has 22 heavy (non-hydrogen) atoms. The van der Waals surface area contributed by atoms with Gasteiger partial charge in [0.25, 0.3) is 0 Å². The van der Waals surface area contributed by atoms with E-state index in [2.05, 4.69) is 20.4 Å². The lowest BCUT2D eigenvalue weighted by atomic mass is 10.2. The van der Waals surface area contributed by atoms with Crippen molar-refractivity contribution in [3.8, 4) is 17.3 Å². The van der Waals surface area contributed by atoms with Gasteiger partial charge < -0.3 is 14.6 Å². The first-order chi connectivity index (χ1) is 10.7. The van der Waals surface area contributed by atoms with Crippen LogP contribution in [0.2, 0.25) is 0 Å². The van der Waals surface area contributed by atoms with E-state index in [4.69, 9.17) is 9.26 Å². The predicted molar refractivity (Wildman–Crippen MR) is 82.6 cm³/mol. The summed E-state index contributed by atoms with van der Waals surface area (Å²) in [5, 5.41) is 7.25. The maximum atomic E-state index is 5.12. The van der Waals surface area contributed by atoms with Crippen LogP contribution < -0.4 is 10.1 Å². The number of pyridine rings is 1. The molecule has 0 saturated carbocycles. The van der Waals surface area contributed by atoms with Gasteiger partial charge in [0.05, 0.1) is 19.3 Å². The monoisotopic (exact) mass is 296 g/mol. The smallest absolute Gasteiger partial charge is 0.223 e. The number of nitrogens with zero attached hydrogens (tertiary/aromatic N) is 3. The van der Waals surface area contributed by atoms with E-state index < -0.39 is 0 Å². The molecule has 0 amide bonds. The van der Waals surface area contributed by atoms with E-state index in [1.807, 2.05) is 42.5 Å². The van der Waals surface area contributed by atoms with E-state index in [1.54, 1.807) is 14.0 Å². The largest absolute Gasteiger partial charge is 0.481 e. The molecule has 0 unspecified atom stereocenters. The number of hydrogen-bond donors (Lipinski definition) is 1. The highest BCUT2D eigenvalue weighted by Crippen LogP contribution is 2.20. The van der Waals surface area contributed by atoms with Crippen molar-refractivity contribution in [1.29, 1.82) is 0 Å². The zero-order valence-corrected chi connectivity index (χ0v) is 12.4. The standard InChI is InChI=1S/C16H16N4O2/c1-11-18-16(20-22-11)12-5-3-6-13(9-12)17-10-14-7-4-8-15(19-14)21-2/h3-9,17H,10H2,1-2H3. The Bertz CT molecular complexity index is 770. The third kappa shape index (κ3) is 3.22. The molecule has 0 atom stereocenters. The lowest BCUT2D eigenvalue weighted by Gasteiger charge is -2.08. The van der Waals surface area contributed by atoms with Crippen LogP contribution in [0, 0.1) is 6.92 Å². The Morgan fingerprint density at radius 2 is 2.00 bits per heavy atom. The first-order valence-corrected chi connectivity index (χ1v) is 6.89. The Labute approximate surface area is 128 Å². The summed E-state index contributed by atoms with van der Waals surface area (Å²) in [6.45, 7) is 2.37. The summed E-state index contributed by atoms with van der Waals surface area (Å²) in [7, 11) is 1.61. The molecule has 0 saturated heterocycles. The summed E-state index contributed by atoms with van der Waals surface area (Å²) in [6.07, 6.45) is 0. The fourth-order valence-electron chi connectivity index (χ4n) is 2.05. The van der Waals surface area contributed by atoms with E-state index in [-0.39, 0.29) is 0 Å². The number of hydrogen-bond acceptors (Lipinski definition) is 6. The number of methoxy groups -OCH3 is 1. The minimum Gasteiger partial charge on any atom is -0.481 e. The summed E-state index contributed by atoms with van der Waals surface area (Å²) in [6, 6.07) is 13.5. The quantitative estimate of drug-likeness (QED) is 0.780. The molecular formula is C16H16N4O2. The normalized spacial score (nSPS) is 10.5. The van der Waals surface area contributed by atoms with Crippen LogP contribution in [0.1, 0.15) is 11.6 Å².